The Hall–Kier alpha value is -0.510. The fourth-order valence-corrected chi connectivity index (χ4v) is 2.90. The van der Waals surface area contributed by atoms with Crippen molar-refractivity contribution in [2.75, 3.05) is 13.1 Å². The summed E-state index contributed by atoms with van der Waals surface area (Å²) in [7, 11) is 0. The van der Waals surface area contributed by atoms with Gasteiger partial charge < -0.3 is 10.1 Å². The van der Waals surface area contributed by atoms with Crippen LogP contribution in [0.25, 0.3) is 0 Å². The Labute approximate surface area is 129 Å². The molecule has 0 unspecified atom stereocenters. The van der Waals surface area contributed by atoms with Crippen LogP contribution in [-0.4, -0.2) is 19.2 Å². The summed E-state index contributed by atoms with van der Waals surface area (Å²) < 4.78 is 20.0. The second kappa shape index (κ2) is 6.97. The molecule has 2 nitrogen and oxygen atoms in total. The molecule has 2 rings (SSSR count). The lowest BCUT2D eigenvalue weighted by Gasteiger charge is -2.26. The lowest BCUT2D eigenvalue weighted by Crippen LogP contribution is -2.30. The van der Waals surface area contributed by atoms with Crippen molar-refractivity contribution >= 4 is 23.2 Å². The first-order valence-electron chi connectivity index (χ1n) is 7.00. The average molecular weight is 320 g/mol. The van der Waals surface area contributed by atoms with Crippen LogP contribution in [0.1, 0.15) is 26.7 Å². The van der Waals surface area contributed by atoms with Gasteiger partial charge in [0.15, 0.2) is 11.6 Å². The number of hydrogen-bond acceptors (Lipinski definition) is 2. The normalized spacial score (nSPS) is 20.4. The Morgan fingerprint density at radius 1 is 1.35 bits per heavy atom. The summed E-state index contributed by atoms with van der Waals surface area (Å²) in [6.07, 6.45) is 1.86. The van der Waals surface area contributed by atoms with E-state index >= 15 is 0 Å². The van der Waals surface area contributed by atoms with Crippen molar-refractivity contribution in [3.05, 3.63) is 28.0 Å². The van der Waals surface area contributed by atoms with Gasteiger partial charge >= 0.3 is 0 Å². The molecule has 1 fully saturated rings. The minimum absolute atomic E-state index is 0.0391. The highest BCUT2D eigenvalue weighted by atomic mass is 35.5. The molecule has 1 aromatic carbocycles. The van der Waals surface area contributed by atoms with Crippen LogP contribution in [-0.2, 0) is 0 Å². The smallest absolute Gasteiger partial charge is 0.185 e. The largest absolute Gasteiger partial charge is 0.485 e. The molecule has 1 heterocycles. The zero-order valence-electron chi connectivity index (χ0n) is 11.8. The van der Waals surface area contributed by atoms with Gasteiger partial charge in [-0.05, 0) is 37.4 Å². The highest BCUT2D eigenvalue weighted by Gasteiger charge is 2.29. The van der Waals surface area contributed by atoms with E-state index < -0.39 is 5.82 Å². The van der Waals surface area contributed by atoms with E-state index in [1.807, 2.05) is 0 Å². The van der Waals surface area contributed by atoms with E-state index in [1.54, 1.807) is 6.07 Å². The van der Waals surface area contributed by atoms with Crippen molar-refractivity contribution in [1.82, 2.24) is 5.32 Å². The van der Waals surface area contributed by atoms with Gasteiger partial charge in [-0.2, -0.15) is 0 Å². The van der Waals surface area contributed by atoms with Gasteiger partial charge in [-0.3, -0.25) is 0 Å². The fourth-order valence-electron chi connectivity index (χ4n) is 2.56. The average Bonchev–Trinajstić information content (AvgIpc) is 2.91. The van der Waals surface area contributed by atoms with Gasteiger partial charge in [0.2, 0.25) is 0 Å². The number of rotatable bonds is 5. The molecule has 0 spiro atoms. The van der Waals surface area contributed by atoms with Crippen LogP contribution in [0.2, 0.25) is 10.0 Å². The maximum Gasteiger partial charge on any atom is 0.185 e. The predicted molar refractivity (Wildman–Crippen MR) is 81.3 cm³/mol. The fraction of sp³-hybridized carbons (Fsp3) is 0.600. The Kier molecular flexibility index (Phi) is 5.53. The lowest BCUT2D eigenvalue weighted by atomic mass is 9.93. The molecule has 1 N–H and O–H groups in total. The molecule has 1 aliphatic heterocycles. The minimum atomic E-state index is -0.570. The molecule has 1 saturated heterocycles. The number of ether oxygens (including phenoxy) is 1. The summed E-state index contributed by atoms with van der Waals surface area (Å²) in [5.74, 6) is 0.365. The monoisotopic (exact) mass is 319 g/mol. The van der Waals surface area contributed by atoms with E-state index in [0.29, 0.717) is 11.8 Å². The summed E-state index contributed by atoms with van der Waals surface area (Å²) in [6, 6.07) is 3.02. The first kappa shape index (κ1) is 15.9. The van der Waals surface area contributed by atoms with Gasteiger partial charge in [0.1, 0.15) is 6.10 Å². The quantitative estimate of drug-likeness (QED) is 0.805. The maximum atomic E-state index is 14.1. The third-order valence-electron chi connectivity index (χ3n) is 3.60. The highest BCUT2D eigenvalue weighted by molar-refractivity contribution is 6.34. The van der Waals surface area contributed by atoms with Crippen LogP contribution in [0.15, 0.2) is 12.1 Å². The molecule has 0 saturated carbocycles. The van der Waals surface area contributed by atoms with Gasteiger partial charge in [-0.1, -0.05) is 37.0 Å². The molecule has 2 atom stereocenters. The molecule has 0 radical (unpaired) electrons. The van der Waals surface area contributed by atoms with Gasteiger partial charge in [0.25, 0.3) is 0 Å². The van der Waals surface area contributed by atoms with Gasteiger partial charge in [-0.15, -0.1) is 0 Å². The Balaban J connectivity index is 2.20. The maximum absolute atomic E-state index is 14.1. The molecule has 0 aliphatic carbocycles. The molecule has 1 aliphatic rings. The number of nitrogens with one attached hydrogen (secondary N) is 1. The summed E-state index contributed by atoms with van der Waals surface area (Å²) >= 11 is 11.9. The molecule has 20 heavy (non-hydrogen) atoms. The van der Waals surface area contributed by atoms with Crippen molar-refractivity contribution < 1.29 is 9.13 Å². The van der Waals surface area contributed by atoms with Gasteiger partial charge in [-0.25, -0.2) is 4.39 Å². The summed E-state index contributed by atoms with van der Waals surface area (Å²) in [5.41, 5.74) is 0. The van der Waals surface area contributed by atoms with E-state index in [9.17, 15) is 4.39 Å². The van der Waals surface area contributed by atoms with Crippen molar-refractivity contribution in [3.63, 3.8) is 0 Å². The summed E-state index contributed by atoms with van der Waals surface area (Å²) in [4.78, 5) is 0. The third-order valence-corrected chi connectivity index (χ3v) is 4.19. The van der Waals surface area contributed by atoms with Gasteiger partial charge in [0, 0.05) is 12.5 Å². The first-order chi connectivity index (χ1) is 9.49. The number of hydrogen-bond donors (Lipinski definition) is 1. The van der Waals surface area contributed by atoms with Crippen molar-refractivity contribution in [2.45, 2.75) is 32.8 Å². The molecule has 0 bridgehead atoms. The Morgan fingerprint density at radius 2 is 2.05 bits per heavy atom. The predicted octanol–water partition coefficient (Wildman–Crippen LogP) is 4.54. The Morgan fingerprint density at radius 3 is 2.65 bits per heavy atom. The van der Waals surface area contributed by atoms with Crippen LogP contribution in [0, 0.1) is 17.7 Å². The van der Waals surface area contributed by atoms with Crippen LogP contribution in [0.4, 0.5) is 4.39 Å². The summed E-state index contributed by atoms with van der Waals surface area (Å²) in [6.45, 7) is 6.15. The number of benzene rings is 1. The number of halogens is 3. The van der Waals surface area contributed by atoms with E-state index in [4.69, 9.17) is 27.9 Å². The van der Waals surface area contributed by atoms with E-state index in [2.05, 4.69) is 19.2 Å². The molecule has 5 heteroatoms. The molecule has 0 aromatic heterocycles. The SMILES string of the molecule is CC(C)C[C@H](Oc1c(Cl)ccc(Cl)c1F)[C@H]1CCNC1. The third kappa shape index (κ3) is 3.78. The molecule has 0 amide bonds. The van der Waals surface area contributed by atoms with Crippen LogP contribution >= 0.6 is 23.2 Å². The van der Waals surface area contributed by atoms with Crippen LogP contribution in [0.3, 0.4) is 0 Å². The molecular weight excluding hydrogens is 300 g/mol. The zero-order chi connectivity index (χ0) is 14.7. The van der Waals surface area contributed by atoms with E-state index in [0.717, 1.165) is 25.9 Å². The van der Waals surface area contributed by atoms with Crippen LogP contribution in [0.5, 0.6) is 5.75 Å². The topological polar surface area (TPSA) is 21.3 Å². The van der Waals surface area contributed by atoms with Crippen LogP contribution < -0.4 is 10.1 Å². The van der Waals surface area contributed by atoms with Crippen molar-refractivity contribution in [1.29, 1.82) is 0 Å². The molecule has 112 valence electrons. The second-order valence-corrected chi connectivity index (χ2v) is 6.53. The van der Waals surface area contributed by atoms with E-state index in [1.165, 1.54) is 6.07 Å². The Bertz CT molecular complexity index is 461. The lowest BCUT2D eigenvalue weighted by molar-refractivity contribution is 0.114. The van der Waals surface area contributed by atoms with E-state index in [-0.39, 0.29) is 21.9 Å². The highest BCUT2D eigenvalue weighted by Crippen LogP contribution is 2.35. The van der Waals surface area contributed by atoms with Gasteiger partial charge in [0.05, 0.1) is 10.0 Å². The second-order valence-electron chi connectivity index (χ2n) is 5.71. The standard InChI is InChI=1S/C15H20Cl2FNO/c1-9(2)7-13(10-5-6-19-8-10)20-15-12(17)4-3-11(16)14(15)18/h3-4,9-10,13,19H,5-8H2,1-2H3/t10-,13-/m0/s1. The minimum Gasteiger partial charge on any atom is -0.485 e. The molecule has 1 aromatic rings. The van der Waals surface area contributed by atoms with Crippen molar-refractivity contribution in [2.24, 2.45) is 11.8 Å². The zero-order valence-corrected chi connectivity index (χ0v) is 13.3. The first-order valence-corrected chi connectivity index (χ1v) is 7.75. The molecular formula is C15H20Cl2FNO. The van der Waals surface area contributed by atoms with Crippen molar-refractivity contribution in [3.8, 4) is 5.75 Å². The summed E-state index contributed by atoms with van der Waals surface area (Å²) in [5, 5.41) is 3.63.